The van der Waals surface area contributed by atoms with Crippen molar-refractivity contribution in [2.24, 2.45) is 0 Å². The van der Waals surface area contributed by atoms with Gasteiger partial charge in [0.15, 0.2) is 12.4 Å². The third-order valence-corrected chi connectivity index (χ3v) is 6.50. The topological polar surface area (TPSA) is 95.9 Å². The highest BCUT2D eigenvalue weighted by Gasteiger charge is 2.20. The molecule has 0 unspecified atom stereocenters. The van der Waals surface area contributed by atoms with E-state index in [4.69, 9.17) is 10.5 Å². The predicted molar refractivity (Wildman–Crippen MR) is 115 cm³/mol. The third-order valence-electron chi connectivity index (χ3n) is 5.31. The number of esters is 1. The summed E-state index contributed by atoms with van der Waals surface area (Å²) in [5, 5.41) is 5.17. The Morgan fingerprint density at radius 3 is 2.80 bits per heavy atom. The normalized spacial score (nSPS) is 13.3. The van der Waals surface area contributed by atoms with Gasteiger partial charge in [-0.3, -0.25) is 4.68 Å². The largest absolute Gasteiger partial charge is 0.454 e. The van der Waals surface area contributed by atoms with E-state index in [1.807, 2.05) is 29.1 Å². The van der Waals surface area contributed by atoms with Crippen molar-refractivity contribution in [3.63, 3.8) is 0 Å². The summed E-state index contributed by atoms with van der Waals surface area (Å²) in [7, 11) is 0. The van der Waals surface area contributed by atoms with Crippen LogP contribution in [0.2, 0.25) is 0 Å². The van der Waals surface area contributed by atoms with Gasteiger partial charge in [0.25, 0.3) is 0 Å². The fraction of sp³-hybridized carbons (Fsp3) is 0.273. The van der Waals surface area contributed by atoms with Crippen molar-refractivity contribution < 1.29 is 9.53 Å². The number of hydrogen-bond acceptors (Lipinski definition) is 7. The highest BCUT2D eigenvalue weighted by molar-refractivity contribution is 7.19. The molecule has 3 aromatic heterocycles. The van der Waals surface area contributed by atoms with Gasteiger partial charge in [0.2, 0.25) is 0 Å². The maximum absolute atomic E-state index is 12.4. The Hall–Kier alpha value is -3.26. The first-order chi connectivity index (χ1) is 14.7. The molecule has 30 heavy (non-hydrogen) atoms. The molecule has 4 aromatic rings. The number of nitrogen functional groups attached to an aromatic ring is 1. The van der Waals surface area contributed by atoms with Crippen molar-refractivity contribution in [3.05, 3.63) is 70.1 Å². The first kappa shape index (κ1) is 18.7. The van der Waals surface area contributed by atoms with Gasteiger partial charge in [-0.05, 0) is 55.0 Å². The lowest BCUT2D eigenvalue weighted by molar-refractivity contribution is 0.0463. The number of nitrogens with two attached hydrogens (primary N) is 1. The molecule has 0 saturated heterocycles. The van der Waals surface area contributed by atoms with E-state index in [-0.39, 0.29) is 6.61 Å². The van der Waals surface area contributed by atoms with Crippen molar-refractivity contribution >= 4 is 33.3 Å². The summed E-state index contributed by atoms with van der Waals surface area (Å²) in [4.78, 5) is 23.7. The number of hydrogen-bond donors (Lipinski definition) is 1. The van der Waals surface area contributed by atoms with Crippen LogP contribution in [0.3, 0.4) is 0 Å². The van der Waals surface area contributed by atoms with Crippen LogP contribution in [-0.2, 0) is 30.7 Å². The van der Waals surface area contributed by atoms with Crippen LogP contribution >= 0.6 is 11.3 Å². The number of aryl methyl sites for hydroxylation is 2. The Labute approximate surface area is 177 Å². The van der Waals surface area contributed by atoms with Crippen LogP contribution in [0.4, 0.5) is 5.82 Å². The molecule has 1 aromatic carbocycles. The quantitative estimate of drug-likeness (QED) is 0.495. The molecule has 3 heterocycles. The highest BCUT2D eigenvalue weighted by Crippen LogP contribution is 2.37. The van der Waals surface area contributed by atoms with Gasteiger partial charge in [-0.1, -0.05) is 12.1 Å². The van der Waals surface area contributed by atoms with Crippen LogP contribution in [0.5, 0.6) is 0 Å². The number of thiophene rings is 1. The predicted octanol–water partition coefficient (Wildman–Crippen LogP) is 3.75. The molecule has 0 fully saturated rings. The number of fused-ring (bicyclic) bond motifs is 3. The van der Waals surface area contributed by atoms with E-state index in [9.17, 15) is 4.79 Å². The molecule has 8 heteroatoms. The van der Waals surface area contributed by atoms with Gasteiger partial charge in [0, 0.05) is 17.3 Å². The van der Waals surface area contributed by atoms with Gasteiger partial charge in [-0.15, -0.1) is 11.3 Å². The second-order valence-corrected chi connectivity index (χ2v) is 8.48. The summed E-state index contributed by atoms with van der Waals surface area (Å²) < 4.78 is 7.26. The standard InChI is InChI=1S/C22H21N5O2S/c23-20-19-16-4-1-2-5-17(16)30-21(19)26-18(25-20)13-29-22(28)15-8-6-14(7-9-15)12-27-11-3-10-24-27/h3,6-11H,1-2,4-5,12-13H2,(H2,23,25,26). The molecule has 0 bridgehead atoms. The van der Waals surface area contributed by atoms with E-state index in [2.05, 4.69) is 15.1 Å². The molecule has 0 atom stereocenters. The Bertz CT molecular complexity index is 1200. The van der Waals surface area contributed by atoms with Crippen LogP contribution in [0, 0.1) is 0 Å². The number of benzene rings is 1. The summed E-state index contributed by atoms with van der Waals surface area (Å²) in [6.07, 6.45) is 8.14. The average Bonchev–Trinajstić information content (AvgIpc) is 3.40. The van der Waals surface area contributed by atoms with Crippen molar-refractivity contribution in [2.45, 2.75) is 38.8 Å². The fourth-order valence-corrected chi connectivity index (χ4v) is 5.12. The van der Waals surface area contributed by atoms with Crippen LogP contribution in [0.1, 0.15) is 45.0 Å². The molecule has 7 nitrogen and oxygen atoms in total. The van der Waals surface area contributed by atoms with Crippen molar-refractivity contribution in [1.29, 1.82) is 0 Å². The van der Waals surface area contributed by atoms with Gasteiger partial charge in [0.1, 0.15) is 10.6 Å². The molecule has 1 aliphatic carbocycles. The Morgan fingerprint density at radius 1 is 1.17 bits per heavy atom. The number of nitrogens with zero attached hydrogens (tertiary/aromatic N) is 4. The number of carbonyl (C=O) groups is 1. The zero-order chi connectivity index (χ0) is 20.5. The number of ether oxygens (including phenoxy) is 1. The molecular formula is C22H21N5O2S. The summed E-state index contributed by atoms with van der Waals surface area (Å²) in [5.41, 5.74) is 9.07. The maximum Gasteiger partial charge on any atom is 0.338 e. The molecular weight excluding hydrogens is 398 g/mol. The second-order valence-electron chi connectivity index (χ2n) is 7.39. The number of aromatic nitrogens is 4. The molecule has 0 aliphatic heterocycles. The lowest BCUT2D eigenvalue weighted by Crippen LogP contribution is -2.09. The first-order valence-electron chi connectivity index (χ1n) is 9.97. The lowest BCUT2D eigenvalue weighted by Gasteiger charge is -2.11. The molecule has 152 valence electrons. The fourth-order valence-electron chi connectivity index (χ4n) is 3.84. The zero-order valence-corrected chi connectivity index (χ0v) is 17.2. The van der Waals surface area contributed by atoms with E-state index in [0.717, 1.165) is 28.6 Å². The van der Waals surface area contributed by atoms with E-state index >= 15 is 0 Å². The summed E-state index contributed by atoms with van der Waals surface area (Å²) in [5.74, 6) is 0.504. The molecule has 0 radical (unpaired) electrons. The van der Waals surface area contributed by atoms with Gasteiger partial charge in [-0.2, -0.15) is 5.10 Å². The van der Waals surface area contributed by atoms with E-state index in [1.54, 1.807) is 29.7 Å². The molecule has 1 aliphatic rings. The first-order valence-corrected chi connectivity index (χ1v) is 10.8. The Kier molecular flexibility index (Phi) is 4.92. The number of rotatable bonds is 5. The number of anilines is 1. The van der Waals surface area contributed by atoms with Crippen molar-refractivity contribution in [3.8, 4) is 0 Å². The van der Waals surface area contributed by atoms with Gasteiger partial charge < -0.3 is 10.5 Å². The highest BCUT2D eigenvalue weighted by atomic mass is 32.1. The van der Waals surface area contributed by atoms with E-state index in [1.165, 1.54) is 23.3 Å². The van der Waals surface area contributed by atoms with E-state index < -0.39 is 5.97 Å². The smallest absolute Gasteiger partial charge is 0.338 e. The van der Waals surface area contributed by atoms with Gasteiger partial charge in [0.05, 0.1) is 17.5 Å². The van der Waals surface area contributed by atoms with Gasteiger partial charge in [-0.25, -0.2) is 14.8 Å². The SMILES string of the molecule is Nc1nc(COC(=O)c2ccc(Cn3cccn3)cc2)nc2sc3c(c12)CCCC3. The summed E-state index contributed by atoms with van der Waals surface area (Å²) >= 11 is 1.68. The average molecular weight is 420 g/mol. The summed E-state index contributed by atoms with van der Waals surface area (Å²) in [6, 6.07) is 9.19. The molecule has 0 amide bonds. The zero-order valence-electron chi connectivity index (χ0n) is 16.4. The van der Waals surface area contributed by atoms with E-state index in [0.29, 0.717) is 23.8 Å². The number of carbonyl (C=O) groups excluding carboxylic acids is 1. The molecule has 2 N–H and O–H groups in total. The lowest BCUT2D eigenvalue weighted by atomic mass is 9.97. The second kappa shape index (κ2) is 7.87. The third kappa shape index (κ3) is 3.66. The van der Waals surface area contributed by atoms with Gasteiger partial charge >= 0.3 is 5.97 Å². The van der Waals surface area contributed by atoms with Crippen LogP contribution < -0.4 is 5.73 Å². The minimum Gasteiger partial charge on any atom is -0.454 e. The van der Waals surface area contributed by atoms with Crippen molar-refractivity contribution in [2.75, 3.05) is 5.73 Å². The molecule has 5 rings (SSSR count). The van der Waals surface area contributed by atoms with Crippen molar-refractivity contribution in [1.82, 2.24) is 19.7 Å². The molecule has 0 saturated carbocycles. The van der Waals surface area contributed by atoms with Crippen LogP contribution in [0.15, 0.2) is 42.7 Å². The Morgan fingerprint density at radius 2 is 2.00 bits per heavy atom. The Balaban J connectivity index is 1.27. The molecule has 0 spiro atoms. The monoisotopic (exact) mass is 419 g/mol. The minimum absolute atomic E-state index is 0.00339. The van der Waals surface area contributed by atoms with Crippen LogP contribution in [-0.4, -0.2) is 25.7 Å². The maximum atomic E-state index is 12.4. The summed E-state index contributed by atoms with van der Waals surface area (Å²) in [6.45, 7) is 0.650. The van der Waals surface area contributed by atoms with Crippen LogP contribution in [0.25, 0.3) is 10.2 Å². The minimum atomic E-state index is -0.409.